The van der Waals surface area contributed by atoms with Gasteiger partial charge in [0, 0.05) is 12.0 Å². The van der Waals surface area contributed by atoms with Crippen LogP contribution in [-0.2, 0) is 9.53 Å². The van der Waals surface area contributed by atoms with Crippen LogP contribution in [0, 0.1) is 11.8 Å². The summed E-state index contributed by atoms with van der Waals surface area (Å²) in [7, 11) is 1.49. The van der Waals surface area contributed by atoms with Crippen LogP contribution in [0.3, 0.4) is 0 Å². The van der Waals surface area contributed by atoms with Gasteiger partial charge in [0.05, 0.1) is 19.2 Å². The van der Waals surface area contributed by atoms with Gasteiger partial charge in [0.25, 0.3) is 0 Å². The van der Waals surface area contributed by atoms with E-state index in [2.05, 4.69) is 18.2 Å². The maximum Gasteiger partial charge on any atom is 0.309 e. The van der Waals surface area contributed by atoms with Gasteiger partial charge in [0.1, 0.15) is 19.3 Å². The average molecular weight is 251 g/mol. The number of esters is 1. The molecule has 1 aliphatic carbocycles. The Morgan fingerprint density at radius 1 is 1.44 bits per heavy atom. The number of hydrogen-bond donors (Lipinski definition) is 0. The number of ether oxygens (including phenoxy) is 1. The zero-order chi connectivity index (χ0) is 13.0. The van der Waals surface area contributed by atoms with Gasteiger partial charge in [-0.05, 0) is 19.8 Å². The van der Waals surface area contributed by atoms with E-state index >= 15 is 0 Å². The maximum absolute atomic E-state index is 11.9. The lowest BCUT2D eigenvalue weighted by atomic mass is 9.79. The van der Waals surface area contributed by atoms with Crippen molar-refractivity contribution >= 4 is 12.2 Å². The zero-order valence-corrected chi connectivity index (χ0v) is 11.3. The lowest BCUT2D eigenvalue weighted by molar-refractivity contribution is -0.885. The minimum Gasteiger partial charge on any atom is -0.469 e. The van der Waals surface area contributed by atoms with Gasteiger partial charge in [-0.25, -0.2) is 0 Å². The fourth-order valence-electron chi connectivity index (χ4n) is 3.13. The van der Waals surface area contributed by atoms with E-state index in [0.29, 0.717) is 10.5 Å². The van der Waals surface area contributed by atoms with Crippen LogP contribution in [-0.4, -0.2) is 37.0 Å². The monoisotopic (exact) mass is 251 g/mol. The topological polar surface area (TPSA) is 38.7 Å². The first-order valence-corrected chi connectivity index (χ1v) is 6.89. The molecule has 0 aromatic rings. The molecule has 1 aliphatic heterocycles. The highest BCUT2D eigenvalue weighted by atomic mass is 16.5. The Morgan fingerprint density at radius 3 is 2.83 bits per heavy atom. The third kappa shape index (κ3) is 2.64. The number of quaternary nitrogens is 1. The lowest BCUT2D eigenvalue weighted by Gasteiger charge is -2.34. The second kappa shape index (κ2) is 5.65. The van der Waals surface area contributed by atoms with E-state index in [0.717, 1.165) is 32.4 Å². The Balaban J connectivity index is 2.07. The zero-order valence-electron chi connectivity index (χ0n) is 11.3. The minimum atomic E-state index is -0.0406. The van der Waals surface area contributed by atoms with E-state index in [9.17, 15) is 4.79 Å². The highest BCUT2D eigenvalue weighted by Gasteiger charge is 2.38. The van der Waals surface area contributed by atoms with Gasteiger partial charge in [-0.3, -0.25) is 4.79 Å². The highest BCUT2D eigenvalue weighted by molar-refractivity contribution is 5.73. The molecule has 0 aromatic heterocycles. The molecule has 0 saturated heterocycles. The van der Waals surface area contributed by atoms with Crippen molar-refractivity contribution in [1.82, 2.24) is 0 Å². The number of nitrogens with zero attached hydrogens (tertiary/aromatic N) is 2. The van der Waals surface area contributed by atoms with Gasteiger partial charge in [0.15, 0.2) is 0 Å². The van der Waals surface area contributed by atoms with Gasteiger partial charge < -0.3 is 4.74 Å². The smallest absolute Gasteiger partial charge is 0.309 e. The predicted octanol–water partition coefficient (Wildman–Crippen LogP) is 2.32. The lowest BCUT2D eigenvalue weighted by Crippen LogP contribution is -2.44. The summed E-state index contributed by atoms with van der Waals surface area (Å²) in [6.45, 7) is 4.00. The van der Waals surface area contributed by atoms with Gasteiger partial charge >= 0.3 is 5.97 Å². The molecule has 0 amide bonds. The number of carbonyl (C=O) groups excluding carboxylic acids is 1. The summed E-state index contributed by atoms with van der Waals surface area (Å²) in [5.41, 5.74) is 0. The number of rotatable bonds is 4. The van der Waals surface area contributed by atoms with Crippen molar-refractivity contribution in [2.75, 3.05) is 20.2 Å². The summed E-state index contributed by atoms with van der Waals surface area (Å²) >= 11 is 0. The molecule has 100 valence electrons. The first-order chi connectivity index (χ1) is 8.71. The van der Waals surface area contributed by atoms with E-state index < -0.39 is 0 Å². The van der Waals surface area contributed by atoms with Crippen molar-refractivity contribution in [3.05, 3.63) is 12.3 Å². The van der Waals surface area contributed by atoms with Gasteiger partial charge in [-0.1, -0.05) is 17.9 Å². The minimum absolute atomic E-state index is 0.0406. The molecule has 0 aromatic carbocycles. The van der Waals surface area contributed by atoms with Crippen LogP contribution >= 0.6 is 0 Å². The Labute approximate surface area is 109 Å². The number of allylic oxidation sites excluding steroid dienone is 1. The fraction of sp³-hybridized carbons (Fsp3) is 0.714. The van der Waals surface area contributed by atoms with E-state index in [-0.39, 0.29) is 11.9 Å². The molecule has 2 rings (SSSR count). The second-order valence-corrected chi connectivity index (χ2v) is 5.27. The Morgan fingerprint density at radius 2 is 2.22 bits per heavy atom. The van der Waals surface area contributed by atoms with E-state index in [1.54, 1.807) is 0 Å². The third-order valence-electron chi connectivity index (χ3n) is 4.26. The van der Waals surface area contributed by atoms with Crippen molar-refractivity contribution in [3.63, 3.8) is 0 Å². The predicted molar refractivity (Wildman–Crippen MR) is 70.8 cm³/mol. The molecular formula is C14H23N2O2+. The van der Waals surface area contributed by atoms with Gasteiger partial charge in [0.2, 0.25) is 0 Å². The van der Waals surface area contributed by atoms with Crippen LogP contribution in [0.25, 0.3) is 0 Å². The molecule has 4 heteroatoms. The third-order valence-corrected chi connectivity index (χ3v) is 4.26. The Hall–Kier alpha value is -1.16. The van der Waals surface area contributed by atoms with Gasteiger partial charge in [-0.2, -0.15) is 4.59 Å². The van der Waals surface area contributed by atoms with Crippen molar-refractivity contribution < 1.29 is 14.1 Å². The molecule has 0 N–H and O–H groups in total. The molecular weight excluding hydrogens is 228 g/mol. The first kappa shape index (κ1) is 13.3. The van der Waals surface area contributed by atoms with Crippen LogP contribution in [0.2, 0.25) is 0 Å². The fourth-order valence-corrected chi connectivity index (χ4v) is 3.13. The van der Waals surface area contributed by atoms with E-state index in [4.69, 9.17) is 4.74 Å². The summed E-state index contributed by atoms with van der Waals surface area (Å²) in [5.74, 6) is 0.418. The van der Waals surface area contributed by atoms with Crippen LogP contribution in [0.4, 0.5) is 0 Å². The standard InChI is InChI=1S/C14H23N2O2/c1-3-16(10-6-9-15-16)11-12-7-4-5-8-13(12)14(17)18-2/h6,9-10,12-13H,3-5,7-8,11H2,1-2H3/q+1. The summed E-state index contributed by atoms with van der Waals surface area (Å²) in [6, 6.07) is 0. The second-order valence-electron chi connectivity index (χ2n) is 5.27. The molecule has 1 saturated carbocycles. The van der Waals surface area contributed by atoms with E-state index in [1.165, 1.54) is 13.5 Å². The quantitative estimate of drug-likeness (QED) is 0.568. The molecule has 1 heterocycles. The molecule has 1 fully saturated rings. The molecule has 3 unspecified atom stereocenters. The normalized spacial score (nSPS) is 34.8. The van der Waals surface area contributed by atoms with Crippen molar-refractivity contribution in [2.45, 2.75) is 32.6 Å². The number of hydrogen-bond acceptors (Lipinski definition) is 3. The molecule has 0 spiro atoms. The first-order valence-electron chi connectivity index (χ1n) is 6.89. The van der Waals surface area contributed by atoms with Crippen LogP contribution < -0.4 is 0 Å². The van der Waals surface area contributed by atoms with Crippen LogP contribution in [0.1, 0.15) is 32.6 Å². The average Bonchev–Trinajstić information content (AvgIpc) is 2.88. The number of carbonyl (C=O) groups is 1. The van der Waals surface area contributed by atoms with Crippen LogP contribution in [0.15, 0.2) is 17.4 Å². The van der Waals surface area contributed by atoms with Crippen molar-refractivity contribution in [3.8, 4) is 0 Å². The summed E-state index contributed by atoms with van der Waals surface area (Å²) in [4.78, 5) is 11.9. The highest BCUT2D eigenvalue weighted by Crippen LogP contribution is 2.34. The molecule has 4 nitrogen and oxygen atoms in total. The van der Waals surface area contributed by atoms with Crippen LogP contribution in [0.5, 0.6) is 0 Å². The largest absolute Gasteiger partial charge is 0.469 e. The SMILES string of the molecule is CC[N+]1(CC2CCCCC2C(=O)OC)C=CC=N1. The van der Waals surface area contributed by atoms with Crippen molar-refractivity contribution in [1.29, 1.82) is 0 Å². The summed E-state index contributed by atoms with van der Waals surface area (Å²) < 4.78 is 5.59. The summed E-state index contributed by atoms with van der Waals surface area (Å²) in [6.07, 6.45) is 10.4. The molecule has 2 aliphatic rings. The molecule has 0 bridgehead atoms. The molecule has 18 heavy (non-hydrogen) atoms. The van der Waals surface area contributed by atoms with Crippen molar-refractivity contribution in [2.24, 2.45) is 16.9 Å². The molecule has 3 atom stereocenters. The Bertz CT molecular complexity index is 351. The van der Waals surface area contributed by atoms with Gasteiger partial charge in [-0.15, -0.1) is 0 Å². The number of methoxy groups -OCH3 is 1. The maximum atomic E-state index is 11.9. The molecule has 0 radical (unpaired) electrons. The van der Waals surface area contributed by atoms with E-state index in [1.807, 2.05) is 12.3 Å². The Kier molecular flexibility index (Phi) is 4.17. The summed E-state index contributed by atoms with van der Waals surface area (Å²) in [5, 5.41) is 4.55.